The van der Waals surface area contributed by atoms with Gasteiger partial charge in [-0.25, -0.2) is 9.37 Å². The fourth-order valence-corrected chi connectivity index (χ4v) is 3.29. The average Bonchev–Trinajstić information content (AvgIpc) is 3.23. The number of benzene rings is 1. The van der Waals surface area contributed by atoms with Gasteiger partial charge in [-0.1, -0.05) is 0 Å². The molecule has 12 heteroatoms. The molecular weight excluding hydrogens is 446 g/mol. The summed E-state index contributed by atoms with van der Waals surface area (Å²) in [6.07, 6.45) is -3.27. The Kier molecular flexibility index (Phi) is 6.25. The van der Waals surface area contributed by atoms with E-state index >= 15 is 4.39 Å². The molecule has 1 aromatic carbocycles. The van der Waals surface area contributed by atoms with Gasteiger partial charge in [0.15, 0.2) is 6.61 Å². The molecule has 1 amide bonds. The van der Waals surface area contributed by atoms with Crippen LogP contribution in [0.4, 0.5) is 23.2 Å². The first-order valence-electron chi connectivity index (χ1n) is 9.80. The third kappa shape index (κ3) is 5.33. The topological polar surface area (TPSA) is 105 Å². The van der Waals surface area contributed by atoms with Gasteiger partial charge in [-0.15, -0.1) is 0 Å². The van der Waals surface area contributed by atoms with E-state index in [1.54, 1.807) is 20.9 Å². The molecule has 0 unspecified atom stereocenters. The maximum absolute atomic E-state index is 15.0. The summed E-state index contributed by atoms with van der Waals surface area (Å²) in [6, 6.07) is 1.78. The summed E-state index contributed by atoms with van der Waals surface area (Å²) in [7, 11) is 1.58. The van der Waals surface area contributed by atoms with Gasteiger partial charge in [-0.2, -0.15) is 18.3 Å². The van der Waals surface area contributed by atoms with Gasteiger partial charge in [-0.05, 0) is 39.8 Å². The molecule has 3 N–H and O–H groups in total. The molecule has 0 aliphatic rings. The molecule has 2 aromatic heterocycles. The Hall–Kier alpha value is -3.41. The third-order valence-corrected chi connectivity index (χ3v) is 4.77. The zero-order chi connectivity index (χ0) is 24.7. The number of carbonyl (C=O) groups excluding carboxylic acids is 1. The highest BCUT2D eigenvalue weighted by molar-refractivity contribution is 6.07. The lowest BCUT2D eigenvalue weighted by molar-refractivity contribution is -0.153. The SMILES string of the molecule is Cc1n[nH]c(C)c1NC(=O)c1cc(F)c(-c2cn(C)c(C(C)(C)O)n2)cc1OCC(F)(F)F. The number of rotatable bonds is 6. The number of carbonyl (C=O) groups is 1. The molecule has 8 nitrogen and oxygen atoms in total. The molecule has 178 valence electrons. The zero-order valence-electron chi connectivity index (χ0n) is 18.6. The second kappa shape index (κ2) is 8.50. The Labute approximate surface area is 186 Å². The number of nitrogens with zero attached hydrogens (tertiary/aromatic N) is 3. The lowest BCUT2D eigenvalue weighted by Gasteiger charge is -2.16. The quantitative estimate of drug-likeness (QED) is 0.474. The Morgan fingerprint density at radius 1 is 1.27 bits per heavy atom. The molecule has 3 aromatic rings. The van der Waals surface area contributed by atoms with Crippen LogP contribution in [0.25, 0.3) is 11.3 Å². The number of hydrogen-bond acceptors (Lipinski definition) is 5. The van der Waals surface area contributed by atoms with Crippen molar-refractivity contribution in [1.82, 2.24) is 19.7 Å². The second-order valence-electron chi connectivity index (χ2n) is 8.11. The summed E-state index contributed by atoms with van der Waals surface area (Å²) < 4.78 is 59.8. The van der Waals surface area contributed by atoms with Crippen molar-refractivity contribution in [3.8, 4) is 17.0 Å². The van der Waals surface area contributed by atoms with Crippen LogP contribution in [-0.2, 0) is 12.6 Å². The lowest BCUT2D eigenvalue weighted by atomic mass is 10.1. The van der Waals surface area contributed by atoms with Crippen molar-refractivity contribution in [2.45, 2.75) is 39.5 Å². The summed E-state index contributed by atoms with van der Waals surface area (Å²) >= 11 is 0. The molecule has 0 radical (unpaired) electrons. The molecule has 0 bridgehead atoms. The van der Waals surface area contributed by atoms with E-state index in [4.69, 9.17) is 4.74 Å². The monoisotopic (exact) mass is 469 g/mol. The third-order valence-electron chi connectivity index (χ3n) is 4.77. The van der Waals surface area contributed by atoms with Gasteiger partial charge < -0.3 is 19.7 Å². The van der Waals surface area contributed by atoms with E-state index in [1.165, 1.54) is 24.6 Å². The number of nitrogens with one attached hydrogen (secondary N) is 2. The summed E-state index contributed by atoms with van der Waals surface area (Å²) in [5, 5.41) is 19.3. The van der Waals surface area contributed by atoms with Crippen LogP contribution in [0.3, 0.4) is 0 Å². The first-order chi connectivity index (χ1) is 15.2. The maximum atomic E-state index is 15.0. The van der Waals surface area contributed by atoms with Gasteiger partial charge in [0.1, 0.15) is 23.0 Å². The van der Waals surface area contributed by atoms with E-state index in [-0.39, 0.29) is 17.1 Å². The van der Waals surface area contributed by atoms with Gasteiger partial charge in [0.25, 0.3) is 5.91 Å². The summed E-state index contributed by atoms with van der Waals surface area (Å²) in [5.41, 5.74) is -0.626. The van der Waals surface area contributed by atoms with Crippen molar-refractivity contribution >= 4 is 11.6 Å². The number of ether oxygens (including phenoxy) is 1. The average molecular weight is 469 g/mol. The minimum Gasteiger partial charge on any atom is -0.483 e. The first-order valence-corrected chi connectivity index (χ1v) is 9.80. The van der Waals surface area contributed by atoms with Crippen LogP contribution in [-0.4, -0.2) is 43.5 Å². The normalized spacial score (nSPS) is 12.2. The molecule has 0 atom stereocenters. The number of anilines is 1. The Morgan fingerprint density at radius 2 is 1.94 bits per heavy atom. The number of aromatic nitrogens is 4. The Morgan fingerprint density at radius 3 is 2.45 bits per heavy atom. The number of aryl methyl sites for hydroxylation is 3. The van der Waals surface area contributed by atoms with Crippen LogP contribution in [0, 0.1) is 19.7 Å². The van der Waals surface area contributed by atoms with Gasteiger partial charge in [-0.3, -0.25) is 9.89 Å². The van der Waals surface area contributed by atoms with Crippen molar-refractivity contribution in [1.29, 1.82) is 0 Å². The predicted octanol–water partition coefficient (Wildman–Crippen LogP) is 3.99. The van der Waals surface area contributed by atoms with Crippen molar-refractivity contribution in [2.24, 2.45) is 7.05 Å². The minimum atomic E-state index is -4.68. The van der Waals surface area contributed by atoms with Crippen molar-refractivity contribution in [3.63, 3.8) is 0 Å². The Bertz CT molecular complexity index is 1170. The van der Waals surface area contributed by atoms with Crippen molar-refractivity contribution < 1.29 is 32.2 Å². The van der Waals surface area contributed by atoms with Crippen molar-refractivity contribution in [3.05, 3.63) is 46.9 Å². The molecule has 33 heavy (non-hydrogen) atoms. The molecule has 0 saturated carbocycles. The molecule has 0 saturated heterocycles. The van der Waals surface area contributed by atoms with E-state index in [0.29, 0.717) is 17.1 Å². The highest BCUT2D eigenvalue weighted by Gasteiger charge is 2.31. The number of halogens is 4. The number of hydrogen-bond donors (Lipinski definition) is 3. The van der Waals surface area contributed by atoms with E-state index in [2.05, 4.69) is 20.5 Å². The summed E-state index contributed by atoms with van der Waals surface area (Å²) in [4.78, 5) is 17.0. The van der Waals surface area contributed by atoms with Crippen LogP contribution in [0.15, 0.2) is 18.3 Å². The second-order valence-corrected chi connectivity index (χ2v) is 8.11. The minimum absolute atomic E-state index is 0.0532. The molecule has 0 aliphatic carbocycles. The van der Waals surface area contributed by atoms with Crippen LogP contribution >= 0.6 is 0 Å². The van der Waals surface area contributed by atoms with E-state index in [9.17, 15) is 23.1 Å². The fourth-order valence-electron chi connectivity index (χ4n) is 3.29. The van der Waals surface area contributed by atoms with Crippen LogP contribution in [0.1, 0.15) is 41.4 Å². The molecule has 3 rings (SSSR count). The number of aromatic amines is 1. The highest BCUT2D eigenvalue weighted by atomic mass is 19.4. The van der Waals surface area contributed by atoms with Crippen LogP contribution in [0.5, 0.6) is 5.75 Å². The Balaban J connectivity index is 2.07. The lowest BCUT2D eigenvalue weighted by Crippen LogP contribution is -2.22. The number of H-pyrrole nitrogens is 1. The smallest absolute Gasteiger partial charge is 0.422 e. The fraction of sp³-hybridized carbons (Fsp3) is 0.381. The van der Waals surface area contributed by atoms with Gasteiger partial charge >= 0.3 is 6.18 Å². The largest absolute Gasteiger partial charge is 0.483 e. The van der Waals surface area contributed by atoms with Crippen molar-refractivity contribution in [2.75, 3.05) is 11.9 Å². The molecule has 0 aliphatic heterocycles. The molecule has 2 heterocycles. The number of aliphatic hydroxyl groups is 1. The van der Waals surface area contributed by atoms with Crippen LogP contribution < -0.4 is 10.1 Å². The summed E-state index contributed by atoms with van der Waals surface area (Å²) in [6.45, 7) is 4.55. The number of imidazole rings is 1. The van der Waals surface area contributed by atoms with E-state index in [1.807, 2.05) is 0 Å². The summed E-state index contributed by atoms with van der Waals surface area (Å²) in [5.74, 6) is -2.04. The predicted molar refractivity (Wildman–Crippen MR) is 111 cm³/mol. The zero-order valence-corrected chi connectivity index (χ0v) is 18.6. The van der Waals surface area contributed by atoms with E-state index in [0.717, 1.165) is 12.1 Å². The molecule has 0 fully saturated rings. The maximum Gasteiger partial charge on any atom is 0.422 e. The molecular formula is C21H23F4N5O3. The van der Waals surface area contributed by atoms with E-state index < -0.39 is 41.4 Å². The van der Waals surface area contributed by atoms with Gasteiger partial charge in [0.2, 0.25) is 0 Å². The standard InChI is InChI=1S/C21H23F4N5O3/c1-10-17(11(2)29-28-10)27-18(31)13-6-14(22)12(7-16(13)33-9-21(23,24)25)15-8-30(5)19(26-15)20(3,4)32/h6-8,32H,9H2,1-5H3,(H,27,31)(H,28,29). The number of alkyl halides is 3. The first kappa shape index (κ1) is 24.2. The van der Waals surface area contributed by atoms with Gasteiger partial charge in [0, 0.05) is 18.8 Å². The highest BCUT2D eigenvalue weighted by Crippen LogP contribution is 2.33. The van der Waals surface area contributed by atoms with Gasteiger partial charge in [0.05, 0.1) is 28.3 Å². The van der Waals surface area contributed by atoms with Crippen LogP contribution in [0.2, 0.25) is 0 Å². The number of amides is 1. The molecule has 0 spiro atoms.